The van der Waals surface area contributed by atoms with Crippen LogP contribution in [0.25, 0.3) is 0 Å². The first-order chi connectivity index (χ1) is 8.81. The summed E-state index contributed by atoms with van der Waals surface area (Å²) in [6.07, 6.45) is 0. The standard InChI is InChI=1S/C13H19N3O3/c1-7(2)15-10(17)6-14-12-11(13(18)19)8(3)5-9(4)16-12/h5,7H,6H2,1-4H3,(H,14,16)(H,15,17)(H,18,19). The summed E-state index contributed by atoms with van der Waals surface area (Å²) in [6.45, 7) is 7.19. The fraction of sp³-hybridized carbons (Fsp3) is 0.462. The van der Waals surface area contributed by atoms with Crippen LogP contribution in [0.4, 0.5) is 5.82 Å². The monoisotopic (exact) mass is 265 g/mol. The average molecular weight is 265 g/mol. The Bertz CT molecular complexity index is 498. The molecule has 1 rings (SSSR count). The van der Waals surface area contributed by atoms with Gasteiger partial charge in [0.1, 0.15) is 11.4 Å². The first kappa shape index (κ1) is 14.9. The third-order valence-corrected chi connectivity index (χ3v) is 2.42. The van der Waals surface area contributed by atoms with Gasteiger partial charge in [0.2, 0.25) is 5.91 Å². The number of aryl methyl sites for hydroxylation is 2. The molecule has 19 heavy (non-hydrogen) atoms. The number of nitrogens with zero attached hydrogens (tertiary/aromatic N) is 1. The lowest BCUT2D eigenvalue weighted by molar-refractivity contribution is -0.119. The summed E-state index contributed by atoms with van der Waals surface area (Å²) in [5.41, 5.74) is 1.42. The molecule has 1 aromatic heterocycles. The molecular formula is C13H19N3O3. The second-order valence-electron chi connectivity index (χ2n) is 4.69. The maximum Gasteiger partial charge on any atom is 0.339 e. The minimum Gasteiger partial charge on any atom is -0.478 e. The van der Waals surface area contributed by atoms with E-state index in [-0.39, 0.29) is 29.9 Å². The van der Waals surface area contributed by atoms with Crippen LogP contribution in [-0.2, 0) is 4.79 Å². The summed E-state index contributed by atoms with van der Waals surface area (Å²) in [4.78, 5) is 26.9. The van der Waals surface area contributed by atoms with E-state index in [0.717, 1.165) is 0 Å². The van der Waals surface area contributed by atoms with E-state index in [2.05, 4.69) is 15.6 Å². The number of rotatable bonds is 5. The molecule has 6 nitrogen and oxygen atoms in total. The zero-order valence-electron chi connectivity index (χ0n) is 11.6. The van der Waals surface area contributed by atoms with E-state index >= 15 is 0 Å². The Hall–Kier alpha value is -2.11. The van der Waals surface area contributed by atoms with E-state index in [9.17, 15) is 9.59 Å². The fourth-order valence-corrected chi connectivity index (χ4v) is 1.77. The number of hydrogen-bond donors (Lipinski definition) is 3. The van der Waals surface area contributed by atoms with Crippen LogP contribution in [0.15, 0.2) is 6.07 Å². The molecule has 0 saturated heterocycles. The maximum atomic E-state index is 11.5. The SMILES string of the molecule is Cc1cc(C)c(C(=O)O)c(NCC(=O)NC(C)C)n1. The van der Waals surface area contributed by atoms with Gasteiger partial charge in [-0.05, 0) is 39.3 Å². The second kappa shape index (κ2) is 6.17. The highest BCUT2D eigenvalue weighted by Gasteiger charge is 2.16. The molecule has 0 aromatic carbocycles. The molecule has 0 spiro atoms. The van der Waals surface area contributed by atoms with Crippen LogP contribution in [-0.4, -0.2) is 34.6 Å². The lowest BCUT2D eigenvalue weighted by Crippen LogP contribution is -2.35. The number of carbonyl (C=O) groups excluding carboxylic acids is 1. The first-order valence-corrected chi connectivity index (χ1v) is 6.06. The highest BCUT2D eigenvalue weighted by atomic mass is 16.4. The quantitative estimate of drug-likeness (QED) is 0.747. The molecule has 1 heterocycles. The van der Waals surface area contributed by atoms with Gasteiger partial charge in [-0.3, -0.25) is 4.79 Å². The second-order valence-corrected chi connectivity index (χ2v) is 4.69. The number of carboxylic acids is 1. The van der Waals surface area contributed by atoms with Crippen LogP contribution in [0.3, 0.4) is 0 Å². The summed E-state index contributed by atoms with van der Waals surface area (Å²) in [6, 6.07) is 1.74. The van der Waals surface area contributed by atoms with Crippen molar-refractivity contribution in [1.29, 1.82) is 0 Å². The molecule has 0 aliphatic heterocycles. The third kappa shape index (κ3) is 4.24. The topological polar surface area (TPSA) is 91.3 Å². The van der Waals surface area contributed by atoms with Crippen molar-refractivity contribution in [3.05, 3.63) is 22.9 Å². The summed E-state index contributed by atoms with van der Waals surface area (Å²) in [5, 5.41) is 14.7. The minimum atomic E-state index is -1.06. The van der Waals surface area contributed by atoms with Gasteiger partial charge in [-0.1, -0.05) is 0 Å². The van der Waals surface area contributed by atoms with Crippen LogP contribution in [0.5, 0.6) is 0 Å². The predicted molar refractivity (Wildman–Crippen MR) is 72.4 cm³/mol. The number of anilines is 1. The van der Waals surface area contributed by atoms with Gasteiger partial charge in [-0.2, -0.15) is 0 Å². The number of carboxylic acid groups (broad SMARTS) is 1. The molecule has 0 radical (unpaired) electrons. The van der Waals surface area contributed by atoms with Crippen molar-refractivity contribution in [1.82, 2.24) is 10.3 Å². The molecular weight excluding hydrogens is 246 g/mol. The van der Waals surface area contributed by atoms with E-state index in [4.69, 9.17) is 5.11 Å². The maximum absolute atomic E-state index is 11.5. The molecule has 1 aromatic rings. The van der Waals surface area contributed by atoms with E-state index in [0.29, 0.717) is 11.3 Å². The van der Waals surface area contributed by atoms with E-state index < -0.39 is 5.97 Å². The van der Waals surface area contributed by atoms with Crippen molar-refractivity contribution in [3.8, 4) is 0 Å². The van der Waals surface area contributed by atoms with Gasteiger partial charge in [0.05, 0.1) is 6.54 Å². The Balaban J connectivity index is 2.88. The number of aromatic nitrogens is 1. The van der Waals surface area contributed by atoms with Crippen molar-refractivity contribution >= 4 is 17.7 Å². The Labute approximate surface area is 112 Å². The Morgan fingerprint density at radius 1 is 1.37 bits per heavy atom. The molecule has 1 amide bonds. The first-order valence-electron chi connectivity index (χ1n) is 6.06. The van der Waals surface area contributed by atoms with E-state index in [1.165, 1.54) is 0 Å². The third-order valence-electron chi connectivity index (χ3n) is 2.42. The molecule has 0 aliphatic rings. The van der Waals surface area contributed by atoms with Gasteiger partial charge < -0.3 is 15.7 Å². The molecule has 0 aliphatic carbocycles. The molecule has 6 heteroatoms. The largest absolute Gasteiger partial charge is 0.478 e. The van der Waals surface area contributed by atoms with Gasteiger partial charge in [-0.25, -0.2) is 9.78 Å². The van der Waals surface area contributed by atoms with Crippen LogP contribution in [0.2, 0.25) is 0 Å². The van der Waals surface area contributed by atoms with Crippen molar-refractivity contribution in [2.75, 3.05) is 11.9 Å². The van der Waals surface area contributed by atoms with Gasteiger partial charge in [0, 0.05) is 11.7 Å². The number of hydrogen-bond acceptors (Lipinski definition) is 4. The fourth-order valence-electron chi connectivity index (χ4n) is 1.77. The Kier molecular flexibility index (Phi) is 4.86. The molecule has 0 fully saturated rings. The van der Waals surface area contributed by atoms with E-state index in [1.807, 2.05) is 13.8 Å². The van der Waals surface area contributed by atoms with Crippen molar-refractivity contribution in [2.45, 2.75) is 33.7 Å². The number of nitrogens with one attached hydrogen (secondary N) is 2. The van der Waals surface area contributed by atoms with E-state index in [1.54, 1.807) is 19.9 Å². The molecule has 0 unspecified atom stereocenters. The summed E-state index contributed by atoms with van der Waals surface area (Å²) >= 11 is 0. The highest BCUT2D eigenvalue weighted by Crippen LogP contribution is 2.18. The van der Waals surface area contributed by atoms with Crippen molar-refractivity contribution in [2.24, 2.45) is 0 Å². The van der Waals surface area contributed by atoms with Gasteiger partial charge in [0.15, 0.2) is 0 Å². The Morgan fingerprint density at radius 3 is 2.53 bits per heavy atom. The lowest BCUT2D eigenvalue weighted by Gasteiger charge is -2.13. The molecule has 0 saturated carbocycles. The van der Waals surface area contributed by atoms with Crippen LogP contribution in [0, 0.1) is 13.8 Å². The summed E-state index contributed by atoms with van der Waals surface area (Å²) in [5.74, 6) is -1.03. The normalized spacial score (nSPS) is 10.4. The molecule has 0 bridgehead atoms. The number of aromatic carboxylic acids is 1. The smallest absolute Gasteiger partial charge is 0.339 e. The zero-order chi connectivity index (χ0) is 14.6. The molecule has 104 valence electrons. The minimum absolute atomic E-state index is 0.00560. The highest BCUT2D eigenvalue weighted by molar-refractivity contribution is 5.95. The van der Waals surface area contributed by atoms with Gasteiger partial charge in [-0.15, -0.1) is 0 Å². The zero-order valence-corrected chi connectivity index (χ0v) is 11.6. The Morgan fingerprint density at radius 2 is 2.00 bits per heavy atom. The van der Waals surface area contributed by atoms with Gasteiger partial charge >= 0.3 is 5.97 Å². The molecule has 3 N–H and O–H groups in total. The summed E-state index contributed by atoms with van der Waals surface area (Å²) in [7, 11) is 0. The average Bonchev–Trinajstić information content (AvgIpc) is 2.23. The predicted octanol–water partition coefficient (Wildman–Crippen LogP) is 1.33. The van der Waals surface area contributed by atoms with Crippen LogP contribution < -0.4 is 10.6 Å². The number of pyridine rings is 1. The molecule has 0 atom stereocenters. The van der Waals surface area contributed by atoms with Gasteiger partial charge in [0.25, 0.3) is 0 Å². The van der Waals surface area contributed by atoms with Crippen LogP contribution >= 0.6 is 0 Å². The number of carbonyl (C=O) groups is 2. The summed E-state index contributed by atoms with van der Waals surface area (Å²) < 4.78 is 0. The lowest BCUT2D eigenvalue weighted by atomic mass is 10.1. The van der Waals surface area contributed by atoms with Crippen molar-refractivity contribution < 1.29 is 14.7 Å². The number of amides is 1. The van der Waals surface area contributed by atoms with Crippen LogP contribution in [0.1, 0.15) is 35.5 Å². The van der Waals surface area contributed by atoms with Crippen molar-refractivity contribution in [3.63, 3.8) is 0 Å².